The van der Waals surface area contributed by atoms with E-state index in [9.17, 15) is 75.3 Å². The van der Waals surface area contributed by atoms with Crippen molar-refractivity contribution in [2.75, 3.05) is 27.8 Å². The molecule has 2 amide bonds. The number of aryl methyl sites for hydroxylation is 2. The average molecular weight is 902 g/mol. The third-order valence-corrected chi connectivity index (χ3v) is 10.6. The highest BCUT2D eigenvalue weighted by molar-refractivity contribution is 6.38. The Hall–Kier alpha value is -7.66. The molecule has 0 unspecified atom stereocenters. The minimum atomic E-state index is -3.52. The molecule has 0 spiro atoms. The van der Waals surface area contributed by atoms with E-state index in [-0.39, 0.29) is 26.3 Å². The van der Waals surface area contributed by atoms with Crippen molar-refractivity contribution < 1.29 is 70.5 Å². The van der Waals surface area contributed by atoms with Gasteiger partial charge in [-0.1, -0.05) is 29.3 Å². The quantitative estimate of drug-likeness (QED) is 0.0452. The lowest BCUT2D eigenvalue weighted by molar-refractivity contribution is -0.138. The molecule has 0 atom stereocenters. The van der Waals surface area contributed by atoms with Crippen LogP contribution in [0.4, 0.5) is 22.7 Å². The van der Waals surface area contributed by atoms with Crippen LogP contribution in [-0.4, -0.2) is 89.6 Å². The number of hydrogen-bond donors (Lipinski definition) is 13. The Labute approximate surface area is 355 Å². The first-order valence-corrected chi connectivity index (χ1v) is 18.2. The van der Waals surface area contributed by atoms with Gasteiger partial charge in [-0.2, -0.15) is 0 Å². The van der Waals surface area contributed by atoms with Gasteiger partial charge in [-0.3, -0.25) is 19.2 Å². The summed E-state index contributed by atoms with van der Waals surface area (Å²) >= 11 is 12.9. The number of aromatic hydroxyl groups is 9. The minimum absolute atomic E-state index is 0.0341. The summed E-state index contributed by atoms with van der Waals surface area (Å²) in [5, 5.41) is 118. The van der Waals surface area contributed by atoms with Gasteiger partial charge in [-0.25, -0.2) is 4.90 Å². The van der Waals surface area contributed by atoms with E-state index >= 15 is 0 Å². The number of phenolic OH excluding ortho intramolecular Hbond substituents is 7. The van der Waals surface area contributed by atoms with Gasteiger partial charge in [0.05, 0.1) is 37.5 Å². The lowest BCUT2D eigenvalue weighted by atomic mass is 10.1. The molecular weight excluding hydrogens is 867 g/mol. The molecule has 0 fully saturated rings. The summed E-state index contributed by atoms with van der Waals surface area (Å²) in [4.78, 5) is 55.7. The molecule has 24 heteroatoms. The van der Waals surface area contributed by atoms with E-state index in [0.29, 0.717) is 11.8 Å². The number of rotatable bonds is 8. The van der Waals surface area contributed by atoms with Crippen LogP contribution in [0.5, 0.6) is 63.2 Å². The molecule has 62 heavy (non-hydrogen) atoms. The van der Waals surface area contributed by atoms with Gasteiger partial charge in [0, 0.05) is 27.6 Å². The van der Waals surface area contributed by atoms with Gasteiger partial charge in [0.2, 0.25) is 23.0 Å². The predicted molar refractivity (Wildman–Crippen MR) is 222 cm³/mol. The Morgan fingerprint density at radius 3 is 1.76 bits per heavy atom. The van der Waals surface area contributed by atoms with Crippen molar-refractivity contribution in [1.29, 1.82) is 0 Å². The van der Waals surface area contributed by atoms with E-state index in [1.165, 1.54) is 32.2 Å². The number of nitrogen functional groups attached to an aromatic ring is 2. The van der Waals surface area contributed by atoms with Gasteiger partial charge in [0.1, 0.15) is 45.4 Å². The van der Waals surface area contributed by atoms with E-state index in [2.05, 4.69) is 0 Å². The van der Waals surface area contributed by atoms with Crippen LogP contribution in [0.15, 0.2) is 39.9 Å². The maximum Gasteiger partial charge on any atom is 0.272 e. The molecule has 2 heterocycles. The maximum absolute atomic E-state index is 14.2. The number of ether oxygens (including phenoxy) is 1. The van der Waals surface area contributed by atoms with Crippen LogP contribution in [0.2, 0.25) is 10.0 Å². The van der Waals surface area contributed by atoms with E-state index in [0.717, 1.165) is 28.3 Å². The number of aromatic nitrogens is 2. The number of fused-ring (bicyclic) bond motifs is 2. The molecule has 2 aromatic heterocycles. The number of amides is 2. The largest absolute Gasteiger partial charge is 0.506 e. The molecule has 22 nitrogen and oxygen atoms in total. The Bertz CT molecular complexity index is 3060. The van der Waals surface area contributed by atoms with Crippen molar-refractivity contribution >= 4 is 79.6 Å². The Balaban J connectivity index is 1.54. The van der Waals surface area contributed by atoms with E-state index < -0.39 is 143 Å². The number of aliphatic hydroxyl groups is 2. The molecule has 0 radical (unpaired) electrons. The number of hydrogen-bond acceptors (Lipinski definition) is 18. The number of halogens is 2. The van der Waals surface area contributed by atoms with E-state index in [1.807, 2.05) is 0 Å². The number of pyridine rings is 2. The molecule has 6 rings (SSSR count). The SMILES string of the molecule is CCN(C(=O)c1c(O)c2c(Cl)c(Oc3c(O)c(O)c(O)c(N(C(=O)c4c(O)c5c(Cl)cccc5n(C)c4=O)C(C)(O)O)c3O)ccc2n(C)c1=O)c1c(N)c(N)c(O)c(O)c1O. The van der Waals surface area contributed by atoms with Crippen LogP contribution in [0.1, 0.15) is 34.6 Å². The third kappa shape index (κ3) is 6.35. The zero-order valence-electron chi connectivity index (χ0n) is 32.3. The summed E-state index contributed by atoms with van der Waals surface area (Å²) in [5.41, 5.74) is 3.67. The molecule has 6 aromatic rings. The van der Waals surface area contributed by atoms with Crippen molar-refractivity contribution in [2.45, 2.75) is 19.8 Å². The molecule has 0 aliphatic heterocycles. The number of nitrogens with two attached hydrogens (primary N) is 2. The second kappa shape index (κ2) is 15.1. The number of benzene rings is 4. The highest BCUT2D eigenvalue weighted by Gasteiger charge is 2.43. The zero-order chi connectivity index (χ0) is 46.3. The molecule has 0 aliphatic rings. The molecule has 0 aliphatic carbocycles. The van der Waals surface area contributed by atoms with Gasteiger partial charge in [0.25, 0.3) is 28.8 Å². The molecule has 0 saturated heterocycles. The molecule has 4 aromatic carbocycles. The molecule has 15 N–H and O–H groups in total. The van der Waals surface area contributed by atoms with Crippen molar-refractivity contribution in [3.05, 3.63) is 72.2 Å². The number of carbonyl (C=O) groups excluding carboxylic acids is 2. The second-order valence-electron chi connectivity index (χ2n) is 13.6. The predicted octanol–water partition coefficient (Wildman–Crippen LogP) is 2.98. The van der Waals surface area contributed by atoms with Crippen LogP contribution >= 0.6 is 23.2 Å². The summed E-state index contributed by atoms with van der Waals surface area (Å²) in [7, 11) is 2.35. The van der Waals surface area contributed by atoms with Crippen molar-refractivity contribution in [3.63, 3.8) is 0 Å². The van der Waals surface area contributed by atoms with Gasteiger partial charge in [0.15, 0.2) is 23.0 Å². The van der Waals surface area contributed by atoms with Gasteiger partial charge in [-0.05, 0) is 31.2 Å². The summed E-state index contributed by atoms with van der Waals surface area (Å²) in [5.74, 6) is -20.2. The summed E-state index contributed by atoms with van der Waals surface area (Å²) in [6.45, 7) is 1.47. The summed E-state index contributed by atoms with van der Waals surface area (Å²) in [6, 6.07) is 6.20. The average Bonchev–Trinajstić information content (AvgIpc) is 3.21. The normalized spacial score (nSPS) is 11.6. The monoisotopic (exact) mass is 900 g/mol. The third-order valence-electron chi connectivity index (χ3n) is 9.91. The smallest absolute Gasteiger partial charge is 0.272 e. The zero-order valence-corrected chi connectivity index (χ0v) is 33.8. The molecule has 0 saturated carbocycles. The van der Waals surface area contributed by atoms with Crippen molar-refractivity contribution in [1.82, 2.24) is 9.13 Å². The van der Waals surface area contributed by atoms with Gasteiger partial charge in [-0.15, -0.1) is 0 Å². The lowest BCUT2D eigenvalue weighted by Gasteiger charge is -2.33. The van der Waals surface area contributed by atoms with E-state index in [1.54, 1.807) is 0 Å². The van der Waals surface area contributed by atoms with Crippen LogP contribution in [0, 0.1) is 0 Å². The second-order valence-corrected chi connectivity index (χ2v) is 14.4. The fourth-order valence-electron chi connectivity index (χ4n) is 6.79. The van der Waals surface area contributed by atoms with Gasteiger partial charge < -0.3 is 86.4 Å². The van der Waals surface area contributed by atoms with Gasteiger partial charge >= 0.3 is 0 Å². The number of nitrogens with zero attached hydrogens (tertiary/aromatic N) is 4. The maximum atomic E-state index is 14.2. The topological polar surface area (TPSA) is 368 Å². The molecule has 326 valence electrons. The first kappa shape index (κ1) is 43.9. The number of carbonyl (C=O) groups is 2. The summed E-state index contributed by atoms with van der Waals surface area (Å²) < 4.78 is 7.36. The highest BCUT2D eigenvalue weighted by atomic mass is 35.5. The lowest BCUT2D eigenvalue weighted by Crippen LogP contribution is -2.51. The fraction of sp³-hybridized carbons (Fsp3) is 0.158. The molecule has 0 bridgehead atoms. The molecular formula is C38H34Cl2N6O16. The Morgan fingerprint density at radius 1 is 0.677 bits per heavy atom. The van der Waals surface area contributed by atoms with Crippen LogP contribution in [0.3, 0.4) is 0 Å². The minimum Gasteiger partial charge on any atom is -0.506 e. The fourth-order valence-corrected chi connectivity index (χ4v) is 7.34. The number of anilines is 4. The Morgan fingerprint density at radius 2 is 1.19 bits per heavy atom. The van der Waals surface area contributed by atoms with Crippen LogP contribution in [-0.2, 0) is 14.1 Å². The van der Waals surface area contributed by atoms with Crippen LogP contribution in [0.25, 0.3) is 21.8 Å². The van der Waals surface area contributed by atoms with Crippen molar-refractivity contribution in [2.24, 2.45) is 14.1 Å². The van der Waals surface area contributed by atoms with Crippen molar-refractivity contribution in [3.8, 4) is 63.2 Å². The standard InChI is InChI=1S/C38H34Cl2N6O16/c1-5-45(22-20(41)21(42)26(49)30(53)27(22)50)36(58)17-25(48)16-13(44(4)34(17)56)9-10-14(19(16)40)62-33-29(52)23(28(51)31(54)32(33)55)46(38(2,60)61)37(59)18-24(47)15-11(39)7-6-8-12(15)43(3)35(18)57/h6-10,47-55,60-61H,5,41-42H2,1-4H3. The summed E-state index contributed by atoms with van der Waals surface area (Å²) in [6.07, 6.45) is 0. The number of phenols is 7. The van der Waals surface area contributed by atoms with Crippen LogP contribution < -0.4 is 37.1 Å². The Kier molecular flexibility index (Phi) is 10.7. The first-order chi connectivity index (χ1) is 28.8. The highest BCUT2D eigenvalue weighted by Crippen LogP contribution is 2.59. The first-order valence-electron chi connectivity index (χ1n) is 17.5. The van der Waals surface area contributed by atoms with E-state index in [4.69, 9.17) is 39.4 Å².